The lowest BCUT2D eigenvalue weighted by Gasteiger charge is -2.36. The highest BCUT2D eigenvalue weighted by molar-refractivity contribution is 5.96. The molecule has 0 saturated carbocycles. The fourth-order valence-electron chi connectivity index (χ4n) is 2.58. The number of unbranched alkanes of at least 4 members (excludes halogenated alkanes) is 1. The van der Waals surface area contributed by atoms with Crippen LogP contribution in [0, 0.1) is 5.82 Å². The van der Waals surface area contributed by atoms with Gasteiger partial charge in [-0.05, 0) is 30.7 Å². The van der Waals surface area contributed by atoms with Crippen LogP contribution in [0.4, 0.5) is 10.1 Å². The molecule has 1 aromatic carbocycles. The minimum atomic E-state index is -0.253. The van der Waals surface area contributed by atoms with E-state index in [1.807, 2.05) is 0 Å². The topological polar surface area (TPSA) is 52.7 Å². The number of carbonyl (C=O) groups is 2. The van der Waals surface area contributed by atoms with Gasteiger partial charge in [-0.1, -0.05) is 13.3 Å². The standard InChI is InChI=1S/C17H24FN3O2/c1-2-3-8-19-16(22)13-17(23)21-11-9-20(10-12-21)15-6-4-14(18)5-7-15/h4-7H,2-3,8-13H2,1H3,(H,19,22). The van der Waals surface area contributed by atoms with Crippen LogP contribution in [-0.4, -0.2) is 49.4 Å². The maximum atomic E-state index is 12.9. The third kappa shape index (κ3) is 5.23. The molecule has 1 saturated heterocycles. The highest BCUT2D eigenvalue weighted by atomic mass is 19.1. The Labute approximate surface area is 136 Å². The minimum Gasteiger partial charge on any atom is -0.368 e. The highest BCUT2D eigenvalue weighted by Crippen LogP contribution is 2.17. The molecule has 5 nitrogen and oxygen atoms in total. The van der Waals surface area contributed by atoms with Crippen LogP contribution in [0.2, 0.25) is 0 Å². The molecule has 2 amide bonds. The molecule has 0 atom stereocenters. The second-order valence-electron chi connectivity index (χ2n) is 5.72. The fraction of sp³-hybridized carbons (Fsp3) is 0.529. The molecule has 1 aromatic rings. The van der Waals surface area contributed by atoms with E-state index < -0.39 is 0 Å². The number of rotatable bonds is 6. The van der Waals surface area contributed by atoms with Crippen molar-refractivity contribution in [1.29, 1.82) is 0 Å². The van der Waals surface area contributed by atoms with Gasteiger partial charge in [0.25, 0.3) is 0 Å². The molecule has 0 spiro atoms. The maximum absolute atomic E-state index is 12.9. The molecule has 0 aromatic heterocycles. The molecule has 1 aliphatic rings. The van der Waals surface area contributed by atoms with Crippen LogP contribution in [-0.2, 0) is 9.59 Å². The quantitative estimate of drug-likeness (QED) is 0.642. The van der Waals surface area contributed by atoms with Crippen molar-refractivity contribution in [3.63, 3.8) is 0 Å². The van der Waals surface area contributed by atoms with Gasteiger partial charge in [0.1, 0.15) is 12.2 Å². The van der Waals surface area contributed by atoms with Gasteiger partial charge in [-0.15, -0.1) is 0 Å². The molecule has 0 aliphatic carbocycles. The first-order chi connectivity index (χ1) is 11.1. The molecule has 2 rings (SSSR count). The first kappa shape index (κ1) is 17.2. The molecule has 0 bridgehead atoms. The van der Waals surface area contributed by atoms with E-state index in [4.69, 9.17) is 0 Å². The van der Waals surface area contributed by atoms with Crippen molar-refractivity contribution in [3.05, 3.63) is 30.1 Å². The average Bonchev–Trinajstić information content (AvgIpc) is 2.56. The predicted octanol–water partition coefficient (Wildman–Crippen LogP) is 1.78. The number of anilines is 1. The van der Waals surface area contributed by atoms with E-state index in [0.717, 1.165) is 18.5 Å². The Morgan fingerprint density at radius 1 is 1.13 bits per heavy atom. The molecule has 1 aliphatic heterocycles. The van der Waals surface area contributed by atoms with Crippen LogP contribution in [0.1, 0.15) is 26.2 Å². The molecule has 23 heavy (non-hydrogen) atoms. The summed E-state index contributed by atoms with van der Waals surface area (Å²) in [6.45, 7) is 5.22. The Balaban J connectivity index is 1.76. The van der Waals surface area contributed by atoms with E-state index in [2.05, 4.69) is 17.1 Å². The summed E-state index contributed by atoms with van der Waals surface area (Å²) in [5.74, 6) is -0.584. The van der Waals surface area contributed by atoms with Crippen LogP contribution in [0.15, 0.2) is 24.3 Å². The van der Waals surface area contributed by atoms with E-state index in [1.54, 1.807) is 17.0 Å². The lowest BCUT2D eigenvalue weighted by Crippen LogP contribution is -2.49. The average molecular weight is 321 g/mol. The van der Waals surface area contributed by atoms with E-state index in [9.17, 15) is 14.0 Å². The summed E-state index contributed by atoms with van der Waals surface area (Å²) < 4.78 is 12.9. The number of hydrogen-bond donors (Lipinski definition) is 1. The van der Waals surface area contributed by atoms with E-state index in [1.165, 1.54) is 12.1 Å². The zero-order chi connectivity index (χ0) is 16.7. The molecule has 1 heterocycles. The minimum absolute atomic E-state index is 0.0831. The summed E-state index contributed by atoms with van der Waals surface area (Å²) in [5, 5.41) is 2.76. The second kappa shape index (κ2) is 8.50. The number of hydrogen-bond acceptors (Lipinski definition) is 3. The van der Waals surface area contributed by atoms with Crippen LogP contribution in [0.5, 0.6) is 0 Å². The van der Waals surface area contributed by atoms with Gasteiger partial charge in [0.05, 0.1) is 0 Å². The number of nitrogens with one attached hydrogen (secondary N) is 1. The van der Waals surface area contributed by atoms with Crippen molar-refractivity contribution in [2.45, 2.75) is 26.2 Å². The number of nitrogens with zero attached hydrogens (tertiary/aromatic N) is 2. The van der Waals surface area contributed by atoms with Gasteiger partial charge in [0.15, 0.2) is 0 Å². The summed E-state index contributed by atoms with van der Waals surface area (Å²) in [7, 11) is 0. The highest BCUT2D eigenvalue weighted by Gasteiger charge is 2.22. The summed E-state index contributed by atoms with van der Waals surface area (Å²) in [6, 6.07) is 6.36. The predicted molar refractivity (Wildman–Crippen MR) is 87.7 cm³/mol. The zero-order valence-corrected chi connectivity index (χ0v) is 13.6. The number of amides is 2. The molecule has 6 heteroatoms. The van der Waals surface area contributed by atoms with Crippen LogP contribution in [0.25, 0.3) is 0 Å². The van der Waals surface area contributed by atoms with Gasteiger partial charge in [0, 0.05) is 38.4 Å². The number of piperazine rings is 1. The van der Waals surface area contributed by atoms with Crippen molar-refractivity contribution >= 4 is 17.5 Å². The second-order valence-corrected chi connectivity index (χ2v) is 5.72. The zero-order valence-electron chi connectivity index (χ0n) is 13.6. The van der Waals surface area contributed by atoms with Crippen molar-refractivity contribution in [2.75, 3.05) is 37.6 Å². The Bertz CT molecular complexity index is 525. The molecule has 0 radical (unpaired) electrons. The lowest BCUT2D eigenvalue weighted by molar-refractivity contribution is -0.136. The summed E-state index contributed by atoms with van der Waals surface area (Å²) in [4.78, 5) is 27.6. The van der Waals surface area contributed by atoms with Crippen molar-refractivity contribution in [2.24, 2.45) is 0 Å². The lowest BCUT2D eigenvalue weighted by atomic mass is 10.2. The fourth-order valence-corrected chi connectivity index (χ4v) is 2.58. The van der Waals surface area contributed by atoms with E-state index >= 15 is 0 Å². The molecule has 0 unspecified atom stereocenters. The molecule has 1 N–H and O–H groups in total. The number of carbonyl (C=O) groups excluding carboxylic acids is 2. The smallest absolute Gasteiger partial charge is 0.232 e. The van der Waals surface area contributed by atoms with Crippen LogP contribution < -0.4 is 10.2 Å². The molecule has 1 fully saturated rings. The largest absolute Gasteiger partial charge is 0.368 e. The first-order valence-electron chi connectivity index (χ1n) is 8.15. The van der Waals surface area contributed by atoms with Crippen molar-refractivity contribution in [1.82, 2.24) is 10.2 Å². The molecular weight excluding hydrogens is 297 g/mol. The Kier molecular flexibility index (Phi) is 6.38. The Morgan fingerprint density at radius 3 is 2.39 bits per heavy atom. The van der Waals surface area contributed by atoms with Gasteiger partial charge < -0.3 is 15.1 Å². The number of benzene rings is 1. The van der Waals surface area contributed by atoms with E-state index in [-0.39, 0.29) is 24.1 Å². The summed E-state index contributed by atoms with van der Waals surface area (Å²) >= 11 is 0. The van der Waals surface area contributed by atoms with Gasteiger partial charge in [-0.2, -0.15) is 0 Å². The maximum Gasteiger partial charge on any atom is 0.232 e. The number of halogens is 1. The monoisotopic (exact) mass is 321 g/mol. The molecule has 126 valence electrons. The summed E-state index contributed by atoms with van der Waals surface area (Å²) in [6.07, 6.45) is 1.86. The van der Waals surface area contributed by atoms with Gasteiger partial charge in [-0.3, -0.25) is 9.59 Å². The van der Waals surface area contributed by atoms with Gasteiger partial charge in [0.2, 0.25) is 11.8 Å². The van der Waals surface area contributed by atoms with Crippen molar-refractivity contribution < 1.29 is 14.0 Å². The summed E-state index contributed by atoms with van der Waals surface area (Å²) in [5.41, 5.74) is 0.954. The Morgan fingerprint density at radius 2 is 1.78 bits per heavy atom. The van der Waals surface area contributed by atoms with Gasteiger partial charge in [-0.25, -0.2) is 4.39 Å². The third-order valence-electron chi connectivity index (χ3n) is 3.99. The SMILES string of the molecule is CCCCNC(=O)CC(=O)N1CCN(c2ccc(F)cc2)CC1. The first-order valence-corrected chi connectivity index (χ1v) is 8.15. The Hall–Kier alpha value is -2.11. The molecular formula is C17H24FN3O2. The van der Waals surface area contributed by atoms with E-state index in [0.29, 0.717) is 32.7 Å². The van der Waals surface area contributed by atoms with Crippen molar-refractivity contribution in [3.8, 4) is 0 Å². The third-order valence-corrected chi connectivity index (χ3v) is 3.99. The normalized spacial score (nSPS) is 14.7. The van der Waals surface area contributed by atoms with Crippen LogP contribution in [0.3, 0.4) is 0 Å². The van der Waals surface area contributed by atoms with Crippen LogP contribution >= 0.6 is 0 Å². The van der Waals surface area contributed by atoms with Gasteiger partial charge >= 0.3 is 0 Å².